The minimum absolute atomic E-state index is 0.0385. The Hall–Kier alpha value is -2.37. The molecule has 0 heterocycles. The van der Waals surface area contributed by atoms with E-state index in [1.54, 1.807) is 0 Å². The average molecular weight is 285 g/mol. The molecule has 0 aliphatic rings. The first-order valence-corrected chi connectivity index (χ1v) is 6.85. The Morgan fingerprint density at radius 1 is 1.24 bits per heavy atom. The van der Waals surface area contributed by atoms with Crippen LogP contribution < -0.4 is 22.3 Å². The number of hydrogen-bond donors (Lipinski definition) is 4. The summed E-state index contributed by atoms with van der Waals surface area (Å²) in [6, 6.07) is 15.9. The fourth-order valence-electron chi connectivity index (χ4n) is 2.35. The molecule has 5 nitrogen and oxygen atoms in total. The summed E-state index contributed by atoms with van der Waals surface area (Å²) in [6.07, 6.45) is 0. The van der Waals surface area contributed by atoms with Crippen molar-refractivity contribution in [1.29, 1.82) is 0 Å². The summed E-state index contributed by atoms with van der Waals surface area (Å²) in [5.74, 6) is 4.93. The largest absolute Gasteiger partial charge is 0.398 e. The molecule has 2 aromatic rings. The number of rotatable bonds is 5. The maximum Gasteiger partial charge on any atom is 0.288 e. The lowest BCUT2D eigenvalue weighted by atomic mass is 9.96. The zero-order valence-corrected chi connectivity index (χ0v) is 12.0. The van der Waals surface area contributed by atoms with Gasteiger partial charge in [0, 0.05) is 16.8 Å². The summed E-state index contributed by atoms with van der Waals surface area (Å²) in [6.45, 7) is 2.26. The number of carbonyl (C=O) groups is 1. The number of nitrogens with one attached hydrogen (secondary N) is 1. The predicted molar refractivity (Wildman–Crippen MR) is 83.0 cm³/mol. The van der Waals surface area contributed by atoms with E-state index in [9.17, 15) is 4.79 Å². The van der Waals surface area contributed by atoms with Gasteiger partial charge in [0.1, 0.15) is 6.04 Å². The van der Waals surface area contributed by atoms with Crippen molar-refractivity contribution in [2.24, 2.45) is 5.84 Å². The first-order valence-electron chi connectivity index (χ1n) is 6.85. The van der Waals surface area contributed by atoms with Crippen LogP contribution in [-0.4, -0.2) is 12.5 Å². The number of anilines is 1. The molecule has 7 N–H and O–H groups in total. The number of nitrogens with two attached hydrogens (primary N) is 3. The normalized spacial score (nSPS) is 11.9. The third kappa shape index (κ3) is 3.81. The minimum Gasteiger partial charge on any atom is -0.398 e. The Bertz CT molecular complexity index is 613. The van der Waals surface area contributed by atoms with Gasteiger partial charge in [-0.05, 0) is 19.1 Å². The SMILES string of the molecule is Cc1ccc(N)c([C@H]([NH2+]CC(=O)NN)c2ccccc2)c1. The maximum atomic E-state index is 11.4. The van der Waals surface area contributed by atoms with Gasteiger partial charge in [0.2, 0.25) is 0 Å². The molecule has 1 atom stereocenters. The lowest BCUT2D eigenvalue weighted by molar-refractivity contribution is -0.676. The molecule has 21 heavy (non-hydrogen) atoms. The second-order valence-corrected chi connectivity index (χ2v) is 5.03. The second kappa shape index (κ2) is 6.88. The van der Waals surface area contributed by atoms with Crippen molar-refractivity contribution in [3.63, 3.8) is 0 Å². The van der Waals surface area contributed by atoms with Crippen LogP contribution in [-0.2, 0) is 4.79 Å². The van der Waals surface area contributed by atoms with E-state index in [1.165, 1.54) is 0 Å². The van der Waals surface area contributed by atoms with Gasteiger partial charge in [-0.25, -0.2) is 5.84 Å². The van der Waals surface area contributed by atoms with Gasteiger partial charge >= 0.3 is 0 Å². The van der Waals surface area contributed by atoms with Gasteiger partial charge in [-0.2, -0.15) is 0 Å². The number of amides is 1. The van der Waals surface area contributed by atoms with Crippen molar-refractivity contribution in [1.82, 2.24) is 5.43 Å². The molecular weight excluding hydrogens is 264 g/mol. The highest BCUT2D eigenvalue weighted by molar-refractivity contribution is 5.76. The van der Waals surface area contributed by atoms with Crippen molar-refractivity contribution >= 4 is 11.6 Å². The summed E-state index contributed by atoms with van der Waals surface area (Å²) in [7, 11) is 0. The van der Waals surface area contributed by atoms with Crippen LogP contribution in [0.15, 0.2) is 48.5 Å². The molecule has 0 fully saturated rings. The van der Waals surface area contributed by atoms with Crippen molar-refractivity contribution in [3.05, 3.63) is 65.2 Å². The second-order valence-electron chi connectivity index (χ2n) is 5.03. The van der Waals surface area contributed by atoms with Crippen LogP contribution >= 0.6 is 0 Å². The standard InChI is InChI=1S/C16H20N4O/c1-11-7-8-14(17)13(9-11)16(19-10-15(21)20-18)12-5-3-2-4-6-12/h2-9,16,19H,10,17-18H2,1H3,(H,20,21)/p+1/t16-/m1/s1. The quantitative estimate of drug-likeness (QED) is 0.274. The summed E-state index contributed by atoms with van der Waals surface area (Å²) in [4.78, 5) is 11.4. The van der Waals surface area contributed by atoms with E-state index in [4.69, 9.17) is 11.6 Å². The van der Waals surface area contributed by atoms with Gasteiger partial charge < -0.3 is 11.1 Å². The van der Waals surface area contributed by atoms with Crippen molar-refractivity contribution in [2.45, 2.75) is 13.0 Å². The number of aryl methyl sites for hydroxylation is 1. The summed E-state index contributed by atoms with van der Waals surface area (Å²) in [5, 5.41) is 1.93. The van der Waals surface area contributed by atoms with Crippen LogP contribution in [0.5, 0.6) is 0 Å². The zero-order valence-electron chi connectivity index (χ0n) is 12.0. The van der Waals surface area contributed by atoms with Crippen LogP contribution in [0.3, 0.4) is 0 Å². The Balaban J connectivity index is 2.35. The minimum atomic E-state index is -0.220. The molecule has 0 radical (unpaired) electrons. The van der Waals surface area contributed by atoms with Crippen molar-refractivity contribution in [2.75, 3.05) is 12.3 Å². The molecule has 0 aliphatic carbocycles. The molecule has 0 unspecified atom stereocenters. The lowest BCUT2D eigenvalue weighted by Crippen LogP contribution is -2.88. The van der Waals surface area contributed by atoms with E-state index in [0.717, 1.165) is 22.4 Å². The van der Waals surface area contributed by atoms with Gasteiger partial charge in [0.15, 0.2) is 6.54 Å². The van der Waals surface area contributed by atoms with Gasteiger partial charge in [-0.15, -0.1) is 0 Å². The van der Waals surface area contributed by atoms with E-state index in [1.807, 2.05) is 54.7 Å². The third-order valence-electron chi connectivity index (χ3n) is 3.44. The van der Waals surface area contributed by atoms with Crippen molar-refractivity contribution in [3.8, 4) is 0 Å². The van der Waals surface area contributed by atoms with E-state index < -0.39 is 0 Å². The molecule has 0 aromatic heterocycles. The van der Waals surface area contributed by atoms with Gasteiger partial charge in [-0.3, -0.25) is 10.2 Å². The molecular formula is C16H21N4O+. The van der Waals surface area contributed by atoms with Crippen LogP contribution in [0.1, 0.15) is 22.7 Å². The smallest absolute Gasteiger partial charge is 0.288 e. The molecule has 5 heteroatoms. The Kier molecular flexibility index (Phi) is 4.92. The number of hydrazine groups is 1. The Morgan fingerprint density at radius 2 is 1.95 bits per heavy atom. The first kappa shape index (κ1) is 15.0. The molecule has 2 rings (SSSR count). The molecule has 0 aliphatic heterocycles. The Morgan fingerprint density at radius 3 is 2.62 bits per heavy atom. The molecule has 0 saturated carbocycles. The monoisotopic (exact) mass is 285 g/mol. The topological polar surface area (TPSA) is 97.7 Å². The first-order chi connectivity index (χ1) is 10.1. The molecule has 110 valence electrons. The van der Waals surface area contributed by atoms with Crippen LogP contribution in [0, 0.1) is 6.92 Å². The number of quaternary nitrogens is 1. The highest BCUT2D eigenvalue weighted by Gasteiger charge is 2.21. The van der Waals surface area contributed by atoms with Gasteiger partial charge in [-0.1, -0.05) is 42.0 Å². The fourth-order valence-corrected chi connectivity index (χ4v) is 2.35. The summed E-state index contributed by atoms with van der Waals surface area (Å²) >= 11 is 0. The van der Waals surface area contributed by atoms with Crippen LogP contribution in [0.25, 0.3) is 0 Å². The predicted octanol–water partition coefficient (Wildman–Crippen LogP) is 0.220. The zero-order chi connectivity index (χ0) is 15.2. The molecule has 0 saturated heterocycles. The molecule has 0 bridgehead atoms. The van der Waals surface area contributed by atoms with E-state index in [-0.39, 0.29) is 18.5 Å². The summed E-state index contributed by atoms with van der Waals surface area (Å²) < 4.78 is 0. The number of carbonyl (C=O) groups excluding carboxylic acids is 1. The molecule has 1 amide bonds. The van der Waals surface area contributed by atoms with Crippen molar-refractivity contribution < 1.29 is 10.1 Å². The number of hydrogen-bond acceptors (Lipinski definition) is 3. The summed E-state index contributed by atoms with van der Waals surface area (Å²) in [5.41, 5.74) is 12.2. The fraction of sp³-hybridized carbons (Fsp3) is 0.188. The number of benzene rings is 2. The third-order valence-corrected chi connectivity index (χ3v) is 3.44. The highest BCUT2D eigenvalue weighted by atomic mass is 16.2. The van der Waals surface area contributed by atoms with Crippen LogP contribution in [0.2, 0.25) is 0 Å². The highest BCUT2D eigenvalue weighted by Crippen LogP contribution is 2.24. The lowest BCUT2D eigenvalue weighted by Gasteiger charge is -2.18. The van der Waals surface area contributed by atoms with Gasteiger partial charge in [0.05, 0.1) is 0 Å². The maximum absolute atomic E-state index is 11.4. The van der Waals surface area contributed by atoms with Crippen LogP contribution in [0.4, 0.5) is 5.69 Å². The van der Waals surface area contributed by atoms with E-state index >= 15 is 0 Å². The molecule has 2 aromatic carbocycles. The Labute approximate surface area is 124 Å². The van der Waals surface area contributed by atoms with Gasteiger partial charge in [0.25, 0.3) is 5.91 Å². The molecule has 0 spiro atoms. The van der Waals surface area contributed by atoms with E-state index in [2.05, 4.69) is 11.5 Å². The van der Waals surface area contributed by atoms with E-state index in [0.29, 0.717) is 0 Å². The average Bonchev–Trinajstić information content (AvgIpc) is 2.51. The number of nitrogen functional groups attached to an aromatic ring is 1.